The first-order chi connectivity index (χ1) is 20.4. The first-order valence-electron chi connectivity index (χ1n) is 14.9. The molecule has 42 heavy (non-hydrogen) atoms. The van der Waals surface area contributed by atoms with Gasteiger partial charge in [-0.2, -0.15) is 0 Å². The van der Waals surface area contributed by atoms with Crippen molar-refractivity contribution in [1.82, 2.24) is 9.88 Å². The Morgan fingerprint density at radius 1 is 1.10 bits per heavy atom. The Labute approximate surface area is 252 Å². The number of likely N-dealkylation sites (tertiary alicyclic amines) is 1. The van der Waals surface area contributed by atoms with E-state index in [0.29, 0.717) is 49.7 Å². The van der Waals surface area contributed by atoms with Crippen LogP contribution in [0.25, 0.3) is 5.57 Å². The lowest BCUT2D eigenvalue weighted by atomic mass is 9.80. The highest BCUT2D eigenvalue weighted by molar-refractivity contribution is 6.30. The summed E-state index contributed by atoms with van der Waals surface area (Å²) in [5.74, 6) is 1.09. The second-order valence-corrected chi connectivity index (χ2v) is 11.8. The Kier molecular flexibility index (Phi) is 8.26. The molecule has 3 aliphatic rings. The lowest BCUT2D eigenvalue weighted by Gasteiger charge is -2.39. The van der Waals surface area contributed by atoms with Crippen molar-refractivity contribution < 1.29 is 24.1 Å². The molecule has 2 aromatic carbocycles. The van der Waals surface area contributed by atoms with Crippen molar-refractivity contribution in [3.05, 3.63) is 94.3 Å². The Hall–Kier alpha value is -3.39. The van der Waals surface area contributed by atoms with Gasteiger partial charge in [-0.15, -0.1) is 0 Å². The Morgan fingerprint density at radius 3 is 2.60 bits per heavy atom. The minimum Gasteiger partial charge on any atom is -0.487 e. The zero-order valence-corrected chi connectivity index (χ0v) is 24.7. The molecule has 0 amide bonds. The van der Waals surface area contributed by atoms with Gasteiger partial charge in [-0.1, -0.05) is 35.9 Å². The summed E-state index contributed by atoms with van der Waals surface area (Å²) >= 11 is 6.05. The van der Waals surface area contributed by atoms with Crippen LogP contribution in [-0.2, 0) is 21.7 Å². The summed E-state index contributed by atoms with van der Waals surface area (Å²) in [4.78, 5) is 19.7. The van der Waals surface area contributed by atoms with Gasteiger partial charge in [0.15, 0.2) is 0 Å². The molecular formula is C34H37ClN2O5. The molecule has 0 radical (unpaired) electrons. The number of carbonyl (C=O) groups excluding carboxylic acids is 1. The van der Waals surface area contributed by atoms with E-state index in [9.17, 15) is 9.90 Å². The van der Waals surface area contributed by atoms with Crippen LogP contribution < -0.4 is 9.47 Å². The third-order valence-corrected chi connectivity index (χ3v) is 9.02. The molecule has 2 fully saturated rings. The molecule has 8 heteroatoms. The molecule has 1 saturated heterocycles. The molecular weight excluding hydrogens is 552 g/mol. The molecule has 6 rings (SSSR count). The van der Waals surface area contributed by atoms with E-state index in [0.717, 1.165) is 66.2 Å². The number of aliphatic hydroxyl groups is 1. The monoisotopic (exact) mass is 588 g/mol. The van der Waals surface area contributed by atoms with Crippen LogP contribution in [0, 0.1) is 0 Å². The maximum absolute atomic E-state index is 12.7. The fraction of sp³-hybridized carbons (Fsp3) is 0.412. The molecule has 220 valence electrons. The van der Waals surface area contributed by atoms with Gasteiger partial charge >= 0.3 is 5.97 Å². The summed E-state index contributed by atoms with van der Waals surface area (Å²) in [6.07, 6.45) is 8.46. The van der Waals surface area contributed by atoms with Crippen LogP contribution in [0.5, 0.6) is 11.5 Å². The number of halogens is 1. The summed E-state index contributed by atoms with van der Waals surface area (Å²) < 4.78 is 17.9. The first-order valence-corrected chi connectivity index (χ1v) is 15.3. The number of aromatic nitrogens is 1. The molecule has 1 aromatic heterocycles. The van der Waals surface area contributed by atoms with Gasteiger partial charge < -0.3 is 24.2 Å². The van der Waals surface area contributed by atoms with Crippen molar-refractivity contribution in [3.63, 3.8) is 0 Å². The molecule has 0 atom stereocenters. The number of benzene rings is 2. The summed E-state index contributed by atoms with van der Waals surface area (Å²) in [5.41, 5.74) is 3.08. The van der Waals surface area contributed by atoms with E-state index < -0.39 is 11.2 Å². The third kappa shape index (κ3) is 5.78. The number of fused-ring (bicyclic) bond motifs is 2. The highest BCUT2D eigenvalue weighted by atomic mass is 35.5. The molecule has 3 aromatic rings. The number of rotatable bonds is 8. The van der Waals surface area contributed by atoms with E-state index in [1.165, 1.54) is 0 Å². The Morgan fingerprint density at radius 2 is 1.88 bits per heavy atom. The van der Waals surface area contributed by atoms with E-state index in [-0.39, 0.29) is 5.97 Å². The molecule has 7 nitrogen and oxygen atoms in total. The molecule has 1 N–H and O–H groups in total. The van der Waals surface area contributed by atoms with Gasteiger partial charge in [0, 0.05) is 42.0 Å². The Bertz CT molecular complexity index is 1460. The fourth-order valence-electron chi connectivity index (χ4n) is 6.14. The van der Waals surface area contributed by atoms with E-state index in [1.54, 1.807) is 6.20 Å². The van der Waals surface area contributed by atoms with Gasteiger partial charge in [-0.05, 0) is 93.0 Å². The van der Waals surface area contributed by atoms with Gasteiger partial charge in [-0.25, -0.2) is 4.79 Å². The van der Waals surface area contributed by atoms with Crippen LogP contribution in [0.2, 0.25) is 5.02 Å². The van der Waals surface area contributed by atoms with E-state index >= 15 is 0 Å². The topological polar surface area (TPSA) is 81.1 Å². The quantitative estimate of drug-likeness (QED) is 0.309. The van der Waals surface area contributed by atoms with E-state index in [4.69, 9.17) is 25.8 Å². The summed E-state index contributed by atoms with van der Waals surface area (Å²) in [5, 5.41) is 12.0. The van der Waals surface area contributed by atoms with Crippen LogP contribution in [0.15, 0.2) is 66.9 Å². The maximum atomic E-state index is 12.7. The zero-order chi connectivity index (χ0) is 29.2. The Balaban J connectivity index is 1.21. The summed E-state index contributed by atoms with van der Waals surface area (Å²) in [6.45, 7) is 5.02. The molecule has 2 aliphatic heterocycles. The SMILES string of the molecule is CCOC(=O)C1(Oc2ccc3c(c2)C(=CCCN2CCC(O)(c4ccc(Cl)cc4)CC2)c2cccnc2CO3)CCC1. The van der Waals surface area contributed by atoms with Gasteiger partial charge in [0.25, 0.3) is 0 Å². The predicted molar refractivity (Wildman–Crippen MR) is 162 cm³/mol. The van der Waals surface area contributed by atoms with Crippen molar-refractivity contribution >= 4 is 23.1 Å². The zero-order valence-electron chi connectivity index (χ0n) is 24.0. The minimum atomic E-state index is -0.915. The number of nitrogens with zero attached hydrogens (tertiary/aromatic N) is 2. The standard InChI is InChI=1S/C34H37ClN2O5/c1-2-40-32(38)34(14-5-15-34)42-26-12-13-31-29(22-26)27(28-6-3-18-36-30(28)23-41-31)7-4-19-37-20-16-33(39,17-21-37)24-8-10-25(35)11-9-24/h3,6-13,18,22,39H,2,4-5,14-17,19-21,23H2,1H3. The third-order valence-electron chi connectivity index (χ3n) is 8.77. The van der Waals surface area contributed by atoms with E-state index in [1.807, 2.05) is 55.5 Å². The number of hydrogen-bond acceptors (Lipinski definition) is 7. The maximum Gasteiger partial charge on any atom is 0.350 e. The molecule has 0 bridgehead atoms. The number of ether oxygens (including phenoxy) is 3. The molecule has 3 heterocycles. The normalized spacial score (nSPS) is 19.9. The first kappa shape index (κ1) is 28.7. The minimum absolute atomic E-state index is 0.294. The second-order valence-electron chi connectivity index (χ2n) is 11.4. The van der Waals surface area contributed by atoms with Crippen LogP contribution in [0.3, 0.4) is 0 Å². The molecule has 1 saturated carbocycles. The highest BCUT2D eigenvalue weighted by Gasteiger charge is 2.48. The summed E-state index contributed by atoms with van der Waals surface area (Å²) in [6, 6.07) is 17.3. The number of carbonyl (C=O) groups is 1. The predicted octanol–water partition coefficient (Wildman–Crippen LogP) is 6.30. The van der Waals surface area contributed by atoms with Crippen molar-refractivity contribution in [3.8, 4) is 11.5 Å². The van der Waals surface area contributed by atoms with E-state index in [2.05, 4.69) is 22.0 Å². The van der Waals surface area contributed by atoms with Gasteiger partial charge in [0.05, 0.1) is 17.9 Å². The van der Waals surface area contributed by atoms with Gasteiger partial charge in [0.1, 0.15) is 18.1 Å². The fourth-order valence-corrected chi connectivity index (χ4v) is 6.27. The van der Waals surface area contributed by atoms with Crippen LogP contribution in [0.1, 0.15) is 67.8 Å². The summed E-state index contributed by atoms with van der Waals surface area (Å²) in [7, 11) is 0. The lowest BCUT2D eigenvalue weighted by Crippen LogP contribution is -2.51. The van der Waals surface area contributed by atoms with Crippen LogP contribution >= 0.6 is 11.6 Å². The van der Waals surface area contributed by atoms with Crippen molar-refractivity contribution in [2.24, 2.45) is 0 Å². The second kappa shape index (κ2) is 12.1. The largest absolute Gasteiger partial charge is 0.487 e. The number of pyridine rings is 1. The lowest BCUT2D eigenvalue weighted by molar-refractivity contribution is -0.169. The van der Waals surface area contributed by atoms with Crippen LogP contribution in [0.4, 0.5) is 0 Å². The number of hydrogen-bond donors (Lipinski definition) is 1. The van der Waals surface area contributed by atoms with Gasteiger partial charge in [0.2, 0.25) is 5.60 Å². The molecule has 0 unspecified atom stereocenters. The van der Waals surface area contributed by atoms with Crippen molar-refractivity contribution in [2.75, 3.05) is 26.2 Å². The van der Waals surface area contributed by atoms with Crippen LogP contribution in [-0.4, -0.2) is 52.8 Å². The average Bonchev–Trinajstić information content (AvgIpc) is 3.13. The average molecular weight is 589 g/mol. The highest BCUT2D eigenvalue weighted by Crippen LogP contribution is 2.42. The van der Waals surface area contributed by atoms with Crippen molar-refractivity contribution in [2.45, 2.75) is 63.3 Å². The number of piperidine rings is 1. The number of esters is 1. The molecule has 1 aliphatic carbocycles. The smallest absolute Gasteiger partial charge is 0.350 e. The molecule has 0 spiro atoms. The van der Waals surface area contributed by atoms with Crippen molar-refractivity contribution in [1.29, 1.82) is 0 Å². The van der Waals surface area contributed by atoms with Gasteiger partial charge in [-0.3, -0.25) is 4.98 Å².